The van der Waals surface area contributed by atoms with Crippen LogP contribution in [0.1, 0.15) is 12.0 Å². The summed E-state index contributed by atoms with van der Waals surface area (Å²) in [4.78, 5) is 16.1. The molecular formula is C18H20N6O3S2. The van der Waals surface area contributed by atoms with Crippen LogP contribution in [0.4, 0.5) is 5.69 Å². The largest absolute Gasteiger partial charge is 0.310 e. The Balaban J connectivity index is 1.55. The summed E-state index contributed by atoms with van der Waals surface area (Å²) >= 11 is 1.54. The molecule has 4 rings (SSSR count). The minimum absolute atomic E-state index is 0.0334. The van der Waals surface area contributed by atoms with Crippen molar-refractivity contribution in [2.45, 2.75) is 24.3 Å². The summed E-state index contributed by atoms with van der Waals surface area (Å²) in [6.07, 6.45) is 1.48. The van der Waals surface area contributed by atoms with Crippen LogP contribution in [0.15, 0.2) is 39.9 Å². The van der Waals surface area contributed by atoms with Crippen LogP contribution < -0.4 is 4.90 Å². The highest BCUT2D eigenvalue weighted by molar-refractivity contribution is 7.89. The average Bonchev–Trinajstić information content (AvgIpc) is 3.38. The summed E-state index contributed by atoms with van der Waals surface area (Å²) in [6, 6.07) is 6.80. The molecule has 0 aliphatic carbocycles. The van der Waals surface area contributed by atoms with Crippen molar-refractivity contribution in [1.82, 2.24) is 24.5 Å². The van der Waals surface area contributed by atoms with Gasteiger partial charge in [-0.25, -0.2) is 12.7 Å². The molecule has 0 fully saturated rings. The highest BCUT2D eigenvalue weighted by Gasteiger charge is 2.26. The lowest BCUT2D eigenvalue weighted by Crippen LogP contribution is -2.38. The first-order chi connectivity index (χ1) is 13.9. The quantitative estimate of drug-likeness (QED) is 0.607. The molecule has 11 heteroatoms. The Hall–Kier alpha value is -2.63. The molecule has 29 heavy (non-hydrogen) atoms. The van der Waals surface area contributed by atoms with Gasteiger partial charge in [-0.2, -0.15) is 16.1 Å². The fourth-order valence-electron chi connectivity index (χ4n) is 3.23. The SMILES string of the molecule is CN(C)S(=O)(=O)c1ccc2c(c1)CCCN2C(=O)Cn1nnc(-c2ccsc2)n1. The van der Waals surface area contributed by atoms with E-state index in [9.17, 15) is 13.2 Å². The maximum absolute atomic E-state index is 12.9. The first-order valence-corrected chi connectivity index (χ1v) is 11.4. The minimum atomic E-state index is -3.52. The van der Waals surface area contributed by atoms with E-state index in [1.165, 1.54) is 34.5 Å². The smallest absolute Gasteiger partial charge is 0.250 e. The number of aryl methyl sites for hydroxylation is 1. The zero-order valence-electron chi connectivity index (χ0n) is 16.0. The molecule has 0 spiro atoms. The summed E-state index contributed by atoms with van der Waals surface area (Å²) in [5.74, 6) is 0.320. The zero-order valence-corrected chi connectivity index (χ0v) is 17.7. The molecule has 0 saturated carbocycles. The number of sulfonamides is 1. The third-order valence-electron chi connectivity index (χ3n) is 4.76. The molecule has 1 aliphatic rings. The first-order valence-electron chi connectivity index (χ1n) is 9.02. The van der Waals surface area contributed by atoms with Gasteiger partial charge in [0.25, 0.3) is 5.91 Å². The molecule has 0 radical (unpaired) electrons. The fourth-order valence-corrected chi connectivity index (χ4v) is 4.81. The third-order valence-corrected chi connectivity index (χ3v) is 7.25. The van der Waals surface area contributed by atoms with E-state index in [0.29, 0.717) is 12.4 Å². The van der Waals surface area contributed by atoms with Crippen LogP contribution in [0.5, 0.6) is 0 Å². The molecule has 1 amide bonds. The molecule has 0 bridgehead atoms. The van der Waals surface area contributed by atoms with Gasteiger partial charge in [-0.3, -0.25) is 4.79 Å². The fraction of sp³-hybridized carbons (Fsp3) is 0.333. The molecule has 0 N–H and O–H groups in total. The van der Waals surface area contributed by atoms with Crippen molar-refractivity contribution in [3.05, 3.63) is 40.6 Å². The average molecular weight is 433 g/mol. The van der Waals surface area contributed by atoms with Crippen molar-refractivity contribution < 1.29 is 13.2 Å². The number of tetrazole rings is 1. The Bertz CT molecular complexity index is 1140. The molecule has 0 saturated heterocycles. The molecule has 0 atom stereocenters. The van der Waals surface area contributed by atoms with Crippen molar-refractivity contribution >= 4 is 33.0 Å². The number of carbonyl (C=O) groups is 1. The van der Waals surface area contributed by atoms with Gasteiger partial charge in [0.2, 0.25) is 15.8 Å². The molecule has 1 aliphatic heterocycles. The molecule has 0 unspecified atom stereocenters. The van der Waals surface area contributed by atoms with Crippen LogP contribution >= 0.6 is 11.3 Å². The molecule has 2 aromatic heterocycles. The van der Waals surface area contributed by atoms with Crippen LogP contribution in [0.25, 0.3) is 11.4 Å². The number of anilines is 1. The number of amides is 1. The van der Waals surface area contributed by atoms with Gasteiger partial charge in [-0.05, 0) is 53.3 Å². The van der Waals surface area contributed by atoms with Gasteiger partial charge >= 0.3 is 0 Å². The summed E-state index contributed by atoms with van der Waals surface area (Å²) < 4.78 is 26.0. The summed E-state index contributed by atoms with van der Waals surface area (Å²) in [6.45, 7) is 0.534. The predicted octanol–water partition coefficient (Wildman–Crippen LogP) is 1.63. The van der Waals surface area contributed by atoms with Gasteiger partial charge in [-0.1, -0.05) is 0 Å². The van der Waals surface area contributed by atoms with Gasteiger partial charge in [-0.15, -0.1) is 10.2 Å². The van der Waals surface area contributed by atoms with E-state index in [-0.39, 0.29) is 17.3 Å². The number of nitrogens with zero attached hydrogens (tertiary/aromatic N) is 6. The van der Waals surface area contributed by atoms with E-state index in [0.717, 1.165) is 29.7 Å². The van der Waals surface area contributed by atoms with Gasteiger partial charge in [0.05, 0.1) is 4.90 Å². The number of carbonyl (C=O) groups excluding carboxylic acids is 1. The monoisotopic (exact) mass is 432 g/mol. The molecule has 3 aromatic rings. The number of aromatic nitrogens is 4. The van der Waals surface area contributed by atoms with E-state index >= 15 is 0 Å². The Kier molecular flexibility index (Phi) is 5.19. The standard InChI is InChI=1S/C18H20N6O3S2/c1-22(2)29(26,27)15-5-6-16-13(10-15)4-3-8-23(16)17(25)11-24-20-18(19-21-24)14-7-9-28-12-14/h5-7,9-10,12H,3-4,8,11H2,1-2H3. The van der Waals surface area contributed by atoms with Gasteiger partial charge in [0.1, 0.15) is 6.54 Å². The highest BCUT2D eigenvalue weighted by atomic mass is 32.2. The van der Waals surface area contributed by atoms with Crippen LogP contribution in [-0.2, 0) is 27.8 Å². The van der Waals surface area contributed by atoms with Gasteiger partial charge < -0.3 is 4.90 Å². The number of thiophene rings is 1. The van der Waals surface area contributed by atoms with Gasteiger partial charge in [0.15, 0.2) is 0 Å². The molecule has 152 valence electrons. The molecular weight excluding hydrogens is 412 g/mol. The van der Waals surface area contributed by atoms with Gasteiger partial charge in [0, 0.05) is 37.3 Å². The number of hydrogen-bond acceptors (Lipinski definition) is 7. The Morgan fingerprint density at radius 3 is 2.83 bits per heavy atom. The second kappa shape index (κ2) is 7.65. The second-order valence-corrected chi connectivity index (χ2v) is 9.81. The highest BCUT2D eigenvalue weighted by Crippen LogP contribution is 2.30. The van der Waals surface area contributed by atoms with E-state index in [2.05, 4.69) is 15.4 Å². The predicted molar refractivity (Wildman–Crippen MR) is 109 cm³/mol. The van der Waals surface area contributed by atoms with Crippen molar-refractivity contribution in [3.8, 4) is 11.4 Å². The summed E-state index contributed by atoms with van der Waals surface area (Å²) in [7, 11) is -0.517. The Morgan fingerprint density at radius 2 is 2.10 bits per heavy atom. The van der Waals surface area contributed by atoms with Crippen molar-refractivity contribution in [1.29, 1.82) is 0 Å². The maximum atomic E-state index is 12.9. The van der Waals surface area contributed by atoms with E-state index in [1.807, 2.05) is 16.8 Å². The lowest BCUT2D eigenvalue weighted by atomic mass is 10.0. The number of benzene rings is 1. The normalized spacial score (nSPS) is 14.2. The lowest BCUT2D eigenvalue weighted by molar-refractivity contribution is -0.119. The molecule has 9 nitrogen and oxygen atoms in total. The summed E-state index contributed by atoms with van der Waals surface area (Å²) in [5, 5.41) is 16.1. The first kappa shape index (κ1) is 19.7. The third kappa shape index (κ3) is 3.80. The van der Waals surface area contributed by atoms with E-state index < -0.39 is 10.0 Å². The molecule has 1 aromatic carbocycles. The van der Waals surface area contributed by atoms with Crippen LogP contribution in [0.3, 0.4) is 0 Å². The van der Waals surface area contributed by atoms with Crippen molar-refractivity contribution in [2.24, 2.45) is 0 Å². The van der Waals surface area contributed by atoms with Crippen LogP contribution in [0, 0.1) is 0 Å². The van der Waals surface area contributed by atoms with Crippen molar-refractivity contribution in [2.75, 3.05) is 25.5 Å². The van der Waals surface area contributed by atoms with E-state index in [4.69, 9.17) is 0 Å². The van der Waals surface area contributed by atoms with E-state index in [1.54, 1.807) is 23.1 Å². The topological polar surface area (TPSA) is 101 Å². The van der Waals surface area contributed by atoms with Crippen LogP contribution in [-0.4, -0.2) is 59.5 Å². The maximum Gasteiger partial charge on any atom is 0.250 e. The Labute approximate surface area is 172 Å². The summed E-state index contributed by atoms with van der Waals surface area (Å²) in [5.41, 5.74) is 2.45. The van der Waals surface area contributed by atoms with Crippen molar-refractivity contribution in [3.63, 3.8) is 0 Å². The Morgan fingerprint density at radius 1 is 1.28 bits per heavy atom. The number of fused-ring (bicyclic) bond motifs is 1. The molecule has 3 heterocycles. The number of rotatable bonds is 5. The second-order valence-electron chi connectivity index (χ2n) is 6.88. The minimum Gasteiger partial charge on any atom is -0.310 e. The number of hydrogen-bond donors (Lipinski definition) is 0. The zero-order chi connectivity index (χ0) is 20.6. The van der Waals surface area contributed by atoms with Crippen LogP contribution in [0.2, 0.25) is 0 Å². The lowest BCUT2D eigenvalue weighted by Gasteiger charge is -2.29.